The molecule has 1 atom stereocenters. The predicted molar refractivity (Wildman–Crippen MR) is 111 cm³/mol. The lowest BCUT2D eigenvalue weighted by Gasteiger charge is -2.24. The summed E-state index contributed by atoms with van der Waals surface area (Å²) in [6.45, 7) is 2.96. The van der Waals surface area contributed by atoms with Crippen molar-refractivity contribution in [2.24, 2.45) is 0 Å². The highest BCUT2D eigenvalue weighted by Crippen LogP contribution is 2.38. The van der Waals surface area contributed by atoms with Crippen LogP contribution < -0.4 is 0 Å². The summed E-state index contributed by atoms with van der Waals surface area (Å²) in [4.78, 5) is 35.7. The number of carbonyl (C=O) groups is 2. The maximum atomic E-state index is 12.9. The van der Waals surface area contributed by atoms with Crippen LogP contribution in [0.2, 0.25) is 0 Å². The highest BCUT2D eigenvalue weighted by molar-refractivity contribution is 6.46. The van der Waals surface area contributed by atoms with Gasteiger partial charge in [-0.2, -0.15) is 0 Å². The summed E-state index contributed by atoms with van der Waals surface area (Å²) in [5, 5.41) is 11.0. The fraction of sp³-hybridized carbons (Fsp3) is 0.217. The SMILES string of the molecule is Cc1ccc(/C(O)=C2\C(=O)C(=O)N(CCCn3ccnc3)[C@H]2c2ccccn2)cc1. The molecule has 3 aromatic rings. The van der Waals surface area contributed by atoms with Crippen LogP contribution in [-0.4, -0.2) is 42.8 Å². The van der Waals surface area contributed by atoms with Crippen molar-refractivity contribution in [3.8, 4) is 0 Å². The molecule has 0 bridgehead atoms. The molecule has 2 aromatic heterocycles. The van der Waals surface area contributed by atoms with Gasteiger partial charge in [-0.3, -0.25) is 14.6 Å². The quantitative estimate of drug-likeness (QED) is 0.389. The number of aryl methyl sites for hydroxylation is 2. The Balaban J connectivity index is 1.71. The average Bonchev–Trinajstić information content (AvgIpc) is 3.37. The van der Waals surface area contributed by atoms with E-state index in [0.29, 0.717) is 30.8 Å². The number of nitrogens with zero attached hydrogens (tertiary/aromatic N) is 4. The van der Waals surface area contributed by atoms with Crippen LogP contribution in [0.4, 0.5) is 0 Å². The van der Waals surface area contributed by atoms with Crippen LogP contribution in [0.15, 0.2) is 73.0 Å². The second kappa shape index (κ2) is 8.32. The largest absolute Gasteiger partial charge is 0.507 e. The van der Waals surface area contributed by atoms with Crippen LogP contribution in [-0.2, 0) is 16.1 Å². The van der Waals surface area contributed by atoms with Gasteiger partial charge in [0.1, 0.15) is 11.8 Å². The summed E-state index contributed by atoms with van der Waals surface area (Å²) in [7, 11) is 0. The molecule has 152 valence electrons. The molecule has 3 heterocycles. The zero-order valence-corrected chi connectivity index (χ0v) is 16.6. The van der Waals surface area contributed by atoms with Crippen LogP contribution in [0.3, 0.4) is 0 Å². The number of aromatic nitrogens is 3. The smallest absolute Gasteiger partial charge is 0.295 e. The van der Waals surface area contributed by atoms with E-state index in [0.717, 1.165) is 5.56 Å². The third-order valence-electron chi connectivity index (χ3n) is 5.21. The van der Waals surface area contributed by atoms with Crippen LogP contribution in [0, 0.1) is 6.92 Å². The molecule has 0 spiro atoms. The normalized spacial score (nSPS) is 18.2. The minimum absolute atomic E-state index is 0.0742. The molecule has 4 rings (SSSR count). The second-order valence-electron chi connectivity index (χ2n) is 7.27. The molecule has 1 fully saturated rings. The Bertz CT molecular complexity index is 1070. The van der Waals surface area contributed by atoms with Crippen molar-refractivity contribution in [1.29, 1.82) is 0 Å². The first-order valence-corrected chi connectivity index (χ1v) is 9.78. The molecular formula is C23H22N4O3. The van der Waals surface area contributed by atoms with Crippen molar-refractivity contribution >= 4 is 17.4 Å². The number of carbonyl (C=O) groups excluding carboxylic acids is 2. The van der Waals surface area contributed by atoms with Crippen molar-refractivity contribution < 1.29 is 14.7 Å². The van der Waals surface area contributed by atoms with Gasteiger partial charge in [0.05, 0.1) is 17.6 Å². The molecule has 1 amide bonds. The maximum Gasteiger partial charge on any atom is 0.295 e. The van der Waals surface area contributed by atoms with E-state index in [2.05, 4.69) is 9.97 Å². The van der Waals surface area contributed by atoms with E-state index in [1.165, 1.54) is 4.90 Å². The van der Waals surface area contributed by atoms with Crippen LogP contribution >= 0.6 is 0 Å². The number of benzene rings is 1. The number of ketones is 1. The van der Waals surface area contributed by atoms with Crippen LogP contribution in [0.1, 0.15) is 29.3 Å². The first-order chi connectivity index (χ1) is 14.6. The molecule has 1 aliphatic rings. The number of pyridine rings is 1. The predicted octanol–water partition coefficient (Wildman–Crippen LogP) is 3.10. The molecule has 1 N–H and O–H groups in total. The van der Waals surface area contributed by atoms with Gasteiger partial charge in [0.2, 0.25) is 0 Å². The van der Waals surface area contributed by atoms with Gasteiger partial charge in [-0.1, -0.05) is 35.9 Å². The first-order valence-electron chi connectivity index (χ1n) is 9.78. The molecule has 0 unspecified atom stereocenters. The number of amides is 1. The number of imidazole rings is 1. The summed E-state index contributed by atoms with van der Waals surface area (Å²) in [6.07, 6.45) is 7.51. The van der Waals surface area contributed by atoms with Gasteiger partial charge in [0, 0.05) is 37.2 Å². The van der Waals surface area contributed by atoms with Crippen molar-refractivity contribution in [3.63, 3.8) is 0 Å². The number of aliphatic hydroxyl groups is 1. The molecule has 7 heteroatoms. The highest BCUT2D eigenvalue weighted by atomic mass is 16.3. The molecule has 0 saturated carbocycles. The molecule has 1 aromatic carbocycles. The number of rotatable bonds is 6. The van der Waals surface area contributed by atoms with Gasteiger partial charge in [-0.15, -0.1) is 0 Å². The third-order valence-corrected chi connectivity index (χ3v) is 5.21. The average molecular weight is 402 g/mol. The molecule has 0 radical (unpaired) electrons. The van der Waals surface area contributed by atoms with E-state index in [1.54, 1.807) is 49.1 Å². The Morgan fingerprint density at radius 2 is 1.87 bits per heavy atom. The summed E-state index contributed by atoms with van der Waals surface area (Å²) in [5.41, 5.74) is 2.16. The van der Waals surface area contributed by atoms with Crippen molar-refractivity contribution in [1.82, 2.24) is 19.4 Å². The van der Waals surface area contributed by atoms with E-state index in [9.17, 15) is 14.7 Å². The Morgan fingerprint density at radius 1 is 1.07 bits per heavy atom. The Kier molecular flexibility index (Phi) is 5.43. The van der Waals surface area contributed by atoms with Gasteiger partial charge in [0.15, 0.2) is 0 Å². The molecule has 30 heavy (non-hydrogen) atoms. The van der Waals surface area contributed by atoms with Crippen molar-refractivity contribution in [2.45, 2.75) is 25.9 Å². The van der Waals surface area contributed by atoms with Gasteiger partial charge in [-0.25, -0.2) is 4.98 Å². The van der Waals surface area contributed by atoms with Crippen molar-refractivity contribution in [2.75, 3.05) is 6.54 Å². The fourth-order valence-corrected chi connectivity index (χ4v) is 3.67. The standard InChI is InChI=1S/C23H22N4O3/c1-16-6-8-17(9-7-16)21(28)19-20(18-5-2-3-10-25-18)27(23(30)22(19)29)13-4-12-26-14-11-24-15-26/h2-3,5-11,14-15,20,28H,4,12-13H2,1H3/b21-19+/t20-/m0/s1. The van der Waals surface area contributed by atoms with E-state index in [-0.39, 0.29) is 11.3 Å². The number of hydrogen-bond donors (Lipinski definition) is 1. The molecule has 7 nitrogen and oxygen atoms in total. The lowest BCUT2D eigenvalue weighted by molar-refractivity contribution is -0.140. The minimum Gasteiger partial charge on any atom is -0.507 e. The third kappa shape index (κ3) is 3.74. The monoisotopic (exact) mass is 402 g/mol. The van der Waals surface area contributed by atoms with Gasteiger partial charge in [-0.05, 0) is 25.5 Å². The highest BCUT2D eigenvalue weighted by Gasteiger charge is 2.46. The first kappa shape index (κ1) is 19.6. The Hall–Kier alpha value is -3.74. The van der Waals surface area contributed by atoms with Gasteiger partial charge in [0.25, 0.3) is 11.7 Å². The number of Topliss-reactive ketones (excluding diaryl/α,β-unsaturated/α-hetero) is 1. The van der Waals surface area contributed by atoms with Gasteiger partial charge >= 0.3 is 0 Å². The topological polar surface area (TPSA) is 88.3 Å². The summed E-state index contributed by atoms with van der Waals surface area (Å²) in [6, 6.07) is 11.8. The maximum absolute atomic E-state index is 12.9. The fourth-order valence-electron chi connectivity index (χ4n) is 3.67. The Morgan fingerprint density at radius 3 is 2.53 bits per heavy atom. The van der Waals surface area contributed by atoms with E-state index >= 15 is 0 Å². The molecule has 1 aliphatic heterocycles. The van der Waals surface area contributed by atoms with E-state index < -0.39 is 17.7 Å². The molecule has 1 saturated heterocycles. The van der Waals surface area contributed by atoms with E-state index in [4.69, 9.17) is 0 Å². The number of likely N-dealkylation sites (tertiary alicyclic amines) is 1. The summed E-state index contributed by atoms with van der Waals surface area (Å²) >= 11 is 0. The number of aliphatic hydroxyl groups excluding tert-OH is 1. The lowest BCUT2D eigenvalue weighted by Crippen LogP contribution is -2.31. The van der Waals surface area contributed by atoms with Gasteiger partial charge < -0.3 is 14.6 Å². The minimum atomic E-state index is -0.727. The lowest BCUT2D eigenvalue weighted by atomic mass is 9.98. The zero-order valence-electron chi connectivity index (χ0n) is 16.6. The summed E-state index contributed by atoms with van der Waals surface area (Å²) < 4.78 is 1.92. The van der Waals surface area contributed by atoms with Crippen LogP contribution in [0.25, 0.3) is 5.76 Å². The van der Waals surface area contributed by atoms with Crippen LogP contribution in [0.5, 0.6) is 0 Å². The number of hydrogen-bond acceptors (Lipinski definition) is 5. The zero-order chi connectivity index (χ0) is 21.1. The molecule has 0 aliphatic carbocycles. The molecular weight excluding hydrogens is 380 g/mol. The summed E-state index contributed by atoms with van der Waals surface area (Å²) in [5.74, 6) is -1.49. The van der Waals surface area contributed by atoms with Crippen molar-refractivity contribution in [3.05, 3.63) is 89.8 Å². The second-order valence-corrected chi connectivity index (χ2v) is 7.27. The van der Waals surface area contributed by atoms with E-state index in [1.807, 2.05) is 29.8 Å². The Labute approximate surface area is 174 Å².